The van der Waals surface area contributed by atoms with Gasteiger partial charge < -0.3 is 10.6 Å². The Hall–Kier alpha value is -1.42. The molecule has 0 saturated carbocycles. The standard InChI is InChI=1S/C12H19N3O/c1-3-14-12(16)6-8-13-9-11-10(2)5-4-7-15-11/h4-5,7,13H,3,6,8-9H2,1-2H3,(H,14,16). The molecular weight excluding hydrogens is 202 g/mol. The number of nitrogens with zero attached hydrogens (tertiary/aromatic N) is 1. The van der Waals surface area contributed by atoms with E-state index < -0.39 is 0 Å². The normalized spacial score (nSPS) is 10.1. The molecule has 0 radical (unpaired) electrons. The summed E-state index contributed by atoms with van der Waals surface area (Å²) in [6.07, 6.45) is 2.30. The first-order chi connectivity index (χ1) is 7.74. The molecular formula is C12H19N3O. The molecule has 0 unspecified atom stereocenters. The third-order valence-electron chi connectivity index (χ3n) is 2.31. The van der Waals surface area contributed by atoms with Gasteiger partial charge in [-0.2, -0.15) is 0 Å². The molecule has 2 N–H and O–H groups in total. The van der Waals surface area contributed by atoms with Crippen LogP contribution >= 0.6 is 0 Å². The molecule has 4 nitrogen and oxygen atoms in total. The minimum atomic E-state index is 0.0905. The van der Waals surface area contributed by atoms with Crippen LogP contribution in [0.25, 0.3) is 0 Å². The van der Waals surface area contributed by atoms with Crippen molar-refractivity contribution in [3.63, 3.8) is 0 Å². The Morgan fingerprint density at radius 1 is 1.50 bits per heavy atom. The van der Waals surface area contributed by atoms with Gasteiger partial charge in [0.1, 0.15) is 0 Å². The number of rotatable bonds is 6. The fraction of sp³-hybridized carbons (Fsp3) is 0.500. The largest absolute Gasteiger partial charge is 0.356 e. The Balaban J connectivity index is 2.21. The number of hydrogen-bond donors (Lipinski definition) is 2. The third kappa shape index (κ3) is 4.40. The fourth-order valence-corrected chi connectivity index (χ4v) is 1.40. The molecule has 88 valence electrons. The summed E-state index contributed by atoms with van der Waals surface area (Å²) in [6, 6.07) is 3.96. The zero-order valence-corrected chi connectivity index (χ0v) is 9.92. The molecule has 1 aromatic heterocycles. The van der Waals surface area contributed by atoms with Gasteiger partial charge in [-0.05, 0) is 25.5 Å². The van der Waals surface area contributed by atoms with Gasteiger partial charge in [0.2, 0.25) is 5.91 Å². The van der Waals surface area contributed by atoms with E-state index in [1.54, 1.807) is 6.20 Å². The molecule has 0 saturated heterocycles. The van der Waals surface area contributed by atoms with E-state index in [0.29, 0.717) is 26.1 Å². The summed E-state index contributed by atoms with van der Waals surface area (Å²) >= 11 is 0. The van der Waals surface area contributed by atoms with Gasteiger partial charge in [-0.15, -0.1) is 0 Å². The lowest BCUT2D eigenvalue weighted by Crippen LogP contribution is -2.27. The van der Waals surface area contributed by atoms with E-state index in [4.69, 9.17) is 0 Å². The predicted octanol–water partition coefficient (Wildman–Crippen LogP) is 1.01. The van der Waals surface area contributed by atoms with Gasteiger partial charge in [-0.25, -0.2) is 0 Å². The topological polar surface area (TPSA) is 54.0 Å². The third-order valence-corrected chi connectivity index (χ3v) is 2.31. The molecule has 0 fully saturated rings. The first-order valence-corrected chi connectivity index (χ1v) is 5.62. The number of amides is 1. The Bertz CT molecular complexity index is 339. The highest BCUT2D eigenvalue weighted by Crippen LogP contribution is 2.01. The minimum Gasteiger partial charge on any atom is -0.356 e. The number of aryl methyl sites for hydroxylation is 1. The Kier molecular flexibility index (Phi) is 5.50. The number of carbonyl (C=O) groups is 1. The van der Waals surface area contributed by atoms with Crippen molar-refractivity contribution in [1.82, 2.24) is 15.6 Å². The lowest BCUT2D eigenvalue weighted by atomic mass is 10.2. The Morgan fingerprint density at radius 2 is 2.31 bits per heavy atom. The molecule has 0 bridgehead atoms. The molecule has 1 amide bonds. The van der Waals surface area contributed by atoms with E-state index in [0.717, 1.165) is 5.69 Å². The summed E-state index contributed by atoms with van der Waals surface area (Å²) < 4.78 is 0. The van der Waals surface area contributed by atoms with Gasteiger partial charge in [-0.3, -0.25) is 9.78 Å². The second kappa shape index (κ2) is 6.95. The lowest BCUT2D eigenvalue weighted by molar-refractivity contribution is -0.120. The molecule has 4 heteroatoms. The molecule has 0 aliphatic rings. The van der Waals surface area contributed by atoms with Gasteiger partial charge in [0.05, 0.1) is 5.69 Å². The summed E-state index contributed by atoms with van der Waals surface area (Å²) in [5, 5.41) is 5.97. The number of hydrogen-bond acceptors (Lipinski definition) is 3. The summed E-state index contributed by atoms with van der Waals surface area (Å²) in [7, 11) is 0. The van der Waals surface area contributed by atoms with E-state index in [9.17, 15) is 4.79 Å². The highest BCUT2D eigenvalue weighted by Gasteiger charge is 2.00. The molecule has 1 rings (SSSR count). The van der Waals surface area contributed by atoms with Crippen molar-refractivity contribution < 1.29 is 4.79 Å². The van der Waals surface area contributed by atoms with Crippen molar-refractivity contribution in [2.24, 2.45) is 0 Å². The maximum Gasteiger partial charge on any atom is 0.221 e. The van der Waals surface area contributed by atoms with E-state index in [-0.39, 0.29) is 5.91 Å². The average Bonchev–Trinajstić information content (AvgIpc) is 2.27. The molecule has 0 aliphatic carbocycles. The maximum absolute atomic E-state index is 11.2. The predicted molar refractivity (Wildman–Crippen MR) is 64.0 cm³/mol. The van der Waals surface area contributed by atoms with E-state index in [1.165, 1.54) is 5.56 Å². The van der Waals surface area contributed by atoms with Crippen LogP contribution in [0.4, 0.5) is 0 Å². The Morgan fingerprint density at radius 3 is 3.00 bits per heavy atom. The molecule has 0 aromatic carbocycles. The van der Waals surface area contributed by atoms with Crippen LogP contribution in [-0.2, 0) is 11.3 Å². The van der Waals surface area contributed by atoms with Crippen LogP contribution in [0, 0.1) is 6.92 Å². The van der Waals surface area contributed by atoms with Gasteiger partial charge in [0, 0.05) is 32.3 Å². The van der Waals surface area contributed by atoms with Crippen molar-refractivity contribution in [1.29, 1.82) is 0 Å². The van der Waals surface area contributed by atoms with E-state index in [1.807, 2.05) is 26.0 Å². The van der Waals surface area contributed by atoms with Crippen molar-refractivity contribution in [2.45, 2.75) is 26.8 Å². The fourth-order valence-electron chi connectivity index (χ4n) is 1.40. The number of pyridine rings is 1. The summed E-state index contributed by atoms with van der Waals surface area (Å²) in [5.41, 5.74) is 2.21. The van der Waals surface area contributed by atoms with Crippen LogP contribution in [0.15, 0.2) is 18.3 Å². The molecule has 0 atom stereocenters. The molecule has 0 aliphatic heterocycles. The molecule has 1 aromatic rings. The molecule has 0 spiro atoms. The van der Waals surface area contributed by atoms with Gasteiger partial charge >= 0.3 is 0 Å². The van der Waals surface area contributed by atoms with Gasteiger partial charge in [0.25, 0.3) is 0 Å². The summed E-state index contributed by atoms with van der Waals surface area (Å²) in [6.45, 7) is 6.04. The van der Waals surface area contributed by atoms with Crippen molar-refractivity contribution in [3.8, 4) is 0 Å². The van der Waals surface area contributed by atoms with Gasteiger partial charge in [-0.1, -0.05) is 6.07 Å². The average molecular weight is 221 g/mol. The van der Waals surface area contributed by atoms with Crippen LogP contribution in [-0.4, -0.2) is 24.0 Å². The maximum atomic E-state index is 11.2. The van der Waals surface area contributed by atoms with E-state index in [2.05, 4.69) is 15.6 Å². The van der Waals surface area contributed by atoms with Crippen LogP contribution < -0.4 is 10.6 Å². The quantitative estimate of drug-likeness (QED) is 0.705. The van der Waals surface area contributed by atoms with Crippen LogP contribution in [0.1, 0.15) is 24.6 Å². The monoisotopic (exact) mass is 221 g/mol. The Labute approximate surface area is 96.5 Å². The van der Waals surface area contributed by atoms with Crippen molar-refractivity contribution in [3.05, 3.63) is 29.6 Å². The molecule has 16 heavy (non-hydrogen) atoms. The first-order valence-electron chi connectivity index (χ1n) is 5.62. The zero-order valence-electron chi connectivity index (χ0n) is 9.92. The first kappa shape index (κ1) is 12.6. The van der Waals surface area contributed by atoms with Crippen LogP contribution in [0.3, 0.4) is 0 Å². The smallest absolute Gasteiger partial charge is 0.221 e. The van der Waals surface area contributed by atoms with Crippen LogP contribution in [0.5, 0.6) is 0 Å². The van der Waals surface area contributed by atoms with Crippen molar-refractivity contribution >= 4 is 5.91 Å². The van der Waals surface area contributed by atoms with Crippen LogP contribution in [0.2, 0.25) is 0 Å². The number of carbonyl (C=O) groups excluding carboxylic acids is 1. The second-order valence-corrected chi connectivity index (χ2v) is 3.65. The second-order valence-electron chi connectivity index (χ2n) is 3.65. The van der Waals surface area contributed by atoms with Gasteiger partial charge in [0.15, 0.2) is 0 Å². The number of nitrogens with one attached hydrogen (secondary N) is 2. The number of aromatic nitrogens is 1. The highest BCUT2D eigenvalue weighted by molar-refractivity contribution is 5.75. The highest BCUT2D eigenvalue weighted by atomic mass is 16.1. The lowest BCUT2D eigenvalue weighted by Gasteiger charge is -2.06. The molecule has 1 heterocycles. The van der Waals surface area contributed by atoms with E-state index >= 15 is 0 Å². The summed E-state index contributed by atoms with van der Waals surface area (Å²) in [5.74, 6) is 0.0905. The van der Waals surface area contributed by atoms with Crippen molar-refractivity contribution in [2.75, 3.05) is 13.1 Å². The minimum absolute atomic E-state index is 0.0905. The summed E-state index contributed by atoms with van der Waals surface area (Å²) in [4.78, 5) is 15.4. The zero-order chi connectivity index (χ0) is 11.8. The SMILES string of the molecule is CCNC(=O)CCNCc1ncccc1C.